The van der Waals surface area contributed by atoms with Crippen LogP contribution in [0.25, 0.3) is 0 Å². The van der Waals surface area contributed by atoms with Crippen molar-refractivity contribution in [2.24, 2.45) is 21.8 Å². The zero-order valence-electron chi connectivity index (χ0n) is 25.8. The van der Waals surface area contributed by atoms with Crippen LogP contribution in [0.5, 0.6) is 0 Å². The molecule has 1 aliphatic rings. The maximum Gasteiger partial charge on any atom is 0.153 e. The minimum Gasteiger partial charge on any atom is -0.381 e. The van der Waals surface area contributed by atoms with Gasteiger partial charge in [0, 0.05) is 48.0 Å². The first-order valence-electron chi connectivity index (χ1n) is 14.3. The van der Waals surface area contributed by atoms with Gasteiger partial charge in [0.1, 0.15) is 17.5 Å². The number of thioether (sulfide) groups is 1. The number of ether oxygens (including phenoxy) is 1. The van der Waals surface area contributed by atoms with Crippen LogP contribution in [0.4, 0.5) is 15.9 Å². The van der Waals surface area contributed by atoms with Gasteiger partial charge >= 0.3 is 0 Å². The average molecular weight is 581 g/mol. The second kappa shape index (κ2) is 15.2. The maximum absolute atomic E-state index is 15.0. The number of anilines is 2. The van der Waals surface area contributed by atoms with Crippen LogP contribution in [0.15, 0.2) is 74.5 Å². The van der Waals surface area contributed by atoms with E-state index < -0.39 is 0 Å². The molecule has 0 spiro atoms. The molecule has 9 heteroatoms. The van der Waals surface area contributed by atoms with Crippen molar-refractivity contribution in [2.75, 3.05) is 36.7 Å². The SMILES string of the molecule is C=C(/C(=C/C)N=C(CCOCC)C(C)C)/C(=C(\N=C(/C)N(C)c1ccc(SC)cc1F)Nc1cc(C)[nH]n1)C1CC1. The molecule has 0 bridgehead atoms. The van der Waals surface area contributed by atoms with Crippen LogP contribution in [0.1, 0.15) is 59.6 Å². The molecule has 1 aromatic heterocycles. The van der Waals surface area contributed by atoms with E-state index >= 15 is 4.39 Å². The number of nitrogens with zero attached hydrogens (tertiary/aromatic N) is 4. The van der Waals surface area contributed by atoms with E-state index in [0.717, 1.165) is 52.4 Å². The van der Waals surface area contributed by atoms with Gasteiger partial charge in [-0.2, -0.15) is 5.10 Å². The number of aromatic amines is 1. The highest BCUT2D eigenvalue weighted by Crippen LogP contribution is 2.44. The number of hydrogen-bond acceptors (Lipinski definition) is 6. The van der Waals surface area contributed by atoms with Crippen LogP contribution in [-0.2, 0) is 4.74 Å². The summed E-state index contributed by atoms with van der Waals surface area (Å²) in [6, 6.07) is 7.19. The molecule has 222 valence electrons. The number of aliphatic imine (C=N–C) groups is 2. The van der Waals surface area contributed by atoms with Crippen LogP contribution >= 0.6 is 11.8 Å². The first-order valence-corrected chi connectivity index (χ1v) is 15.5. The Bertz CT molecular complexity index is 1340. The molecule has 1 fully saturated rings. The van der Waals surface area contributed by atoms with Gasteiger partial charge in [-0.25, -0.2) is 9.38 Å². The molecule has 1 aromatic carbocycles. The molecule has 0 radical (unpaired) electrons. The van der Waals surface area contributed by atoms with Crippen LogP contribution in [0.2, 0.25) is 0 Å². The van der Waals surface area contributed by atoms with Crippen molar-refractivity contribution in [1.82, 2.24) is 10.2 Å². The standard InChI is InChI=1S/C32H45FN6OS/c1-10-27(35-28(20(3)4)16-17-40-11-2)22(6)31(24-12-13-24)32(36-30-18-21(5)37-38-30)34-23(7)39(8)29-15-14-25(41-9)19-26(29)33/h10,14-15,18-20,24H,6,11-13,16-17H2,1-5,7-9H3,(H2,36,37,38)/b27-10-,32-31-,34-23+,35-28?. The van der Waals surface area contributed by atoms with Gasteiger partial charge in [-0.05, 0) is 82.4 Å². The second-order valence-electron chi connectivity index (χ2n) is 10.5. The minimum atomic E-state index is -0.291. The summed E-state index contributed by atoms with van der Waals surface area (Å²) in [5.41, 5.74) is 5.12. The maximum atomic E-state index is 15.0. The lowest BCUT2D eigenvalue weighted by molar-refractivity contribution is 0.154. The van der Waals surface area contributed by atoms with Gasteiger partial charge in [0.15, 0.2) is 5.82 Å². The van der Waals surface area contributed by atoms with E-state index in [1.165, 1.54) is 11.8 Å². The summed E-state index contributed by atoms with van der Waals surface area (Å²) in [5.74, 6) is 2.21. The molecular formula is C32H45FN6OS. The number of aromatic nitrogens is 2. The lowest BCUT2D eigenvalue weighted by Gasteiger charge is -2.22. The Morgan fingerprint density at radius 2 is 2.05 bits per heavy atom. The van der Waals surface area contributed by atoms with Crippen molar-refractivity contribution in [3.8, 4) is 0 Å². The van der Waals surface area contributed by atoms with Gasteiger partial charge < -0.3 is 15.0 Å². The summed E-state index contributed by atoms with van der Waals surface area (Å²) in [7, 11) is 1.83. The van der Waals surface area contributed by atoms with E-state index in [1.807, 2.05) is 59.2 Å². The fraction of sp³-hybridized carbons (Fsp3) is 0.469. The van der Waals surface area contributed by atoms with Crippen molar-refractivity contribution >= 4 is 34.8 Å². The topological polar surface area (TPSA) is 77.9 Å². The quantitative estimate of drug-likeness (QED) is 0.0775. The molecule has 41 heavy (non-hydrogen) atoms. The Hall–Kier alpha value is -3.17. The Morgan fingerprint density at radius 1 is 1.32 bits per heavy atom. The molecular weight excluding hydrogens is 535 g/mol. The van der Waals surface area contributed by atoms with Gasteiger partial charge in [-0.1, -0.05) is 26.5 Å². The summed E-state index contributed by atoms with van der Waals surface area (Å²) in [6.45, 7) is 18.0. The number of nitrogens with one attached hydrogen (secondary N) is 2. The highest BCUT2D eigenvalue weighted by atomic mass is 32.2. The van der Waals surface area contributed by atoms with E-state index in [-0.39, 0.29) is 11.7 Å². The first-order chi connectivity index (χ1) is 19.6. The fourth-order valence-corrected chi connectivity index (χ4v) is 4.83. The molecule has 0 atom stereocenters. The highest BCUT2D eigenvalue weighted by Gasteiger charge is 2.32. The molecule has 1 heterocycles. The van der Waals surface area contributed by atoms with E-state index in [4.69, 9.17) is 14.7 Å². The number of aryl methyl sites for hydroxylation is 1. The number of benzene rings is 1. The third-order valence-corrected chi connectivity index (χ3v) is 7.74. The van der Waals surface area contributed by atoms with Crippen LogP contribution < -0.4 is 10.2 Å². The molecule has 0 saturated heterocycles. The summed E-state index contributed by atoms with van der Waals surface area (Å²) < 4.78 is 20.6. The molecule has 7 nitrogen and oxygen atoms in total. The van der Waals surface area contributed by atoms with Gasteiger partial charge in [0.05, 0.1) is 18.0 Å². The fourth-order valence-electron chi connectivity index (χ4n) is 4.41. The normalized spacial score (nSPS) is 15.3. The smallest absolute Gasteiger partial charge is 0.153 e. The molecule has 2 N–H and O–H groups in total. The molecule has 1 aliphatic carbocycles. The molecule has 0 amide bonds. The van der Waals surface area contributed by atoms with E-state index in [9.17, 15) is 0 Å². The number of allylic oxidation sites excluding steroid dienone is 2. The van der Waals surface area contributed by atoms with Crippen molar-refractivity contribution in [1.29, 1.82) is 0 Å². The van der Waals surface area contributed by atoms with Gasteiger partial charge in [-0.15, -0.1) is 11.8 Å². The highest BCUT2D eigenvalue weighted by molar-refractivity contribution is 7.98. The van der Waals surface area contributed by atoms with Crippen molar-refractivity contribution < 1.29 is 9.13 Å². The van der Waals surface area contributed by atoms with Crippen molar-refractivity contribution in [3.63, 3.8) is 0 Å². The van der Waals surface area contributed by atoms with Gasteiger partial charge in [-0.3, -0.25) is 10.1 Å². The van der Waals surface area contributed by atoms with Gasteiger partial charge in [0.2, 0.25) is 0 Å². The summed E-state index contributed by atoms with van der Waals surface area (Å²) in [5, 5.41) is 10.8. The van der Waals surface area contributed by atoms with E-state index in [2.05, 4.69) is 35.9 Å². The Morgan fingerprint density at radius 3 is 2.59 bits per heavy atom. The lowest BCUT2D eigenvalue weighted by atomic mass is 9.98. The average Bonchev–Trinajstić information content (AvgIpc) is 3.69. The predicted molar refractivity (Wildman–Crippen MR) is 173 cm³/mol. The molecule has 0 aliphatic heterocycles. The third kappa shape index (κ3) is 8.91. The van der Waals surface area contributed by atoms with Crippen molar-refractivity contribution in [3.05, 3.63) is 71.1 Å². The Kier molecular flexibility index (Phi) is 12.0. The van der Waals surface area contributed by atoms with Crippen LogP contribution in [-0.4, -0.2) is 48.3 Å². The largest absolute Gasteiger partial charge is 0.381 e. The van der Waals surface area contributed by atoms with Crippen LogP contribution in [0.3, 0.4) is 0 Å². The number of amidine groups is 1. The monoisotopic (exact) mass is 580 g/mol. The number of hydrogen-bond donors (Lipinski definition) is 2. The zero-order chi connectivity index (χ0) is 30.1. The molecule has 1 saturated carbocycles. The van der Waals surface area contributed by atoms with Crippen LogP contribution in [0, 0.1) is 24.6 Å². The third-order valence-electron chi connectivity index (χ3n) is 7.01. The number of rotatable bonds is 14. The summed E-state index contributed by atoms with van der Waals surface area (Å²) in [4.78, 5) is 12.8. The van der Waals surface area contributed by atoms with Crippen molar-refractivity contribution in [2.45, 2.75) is 65.7 Å². The molecule has 0 unspecified atom stereocenters. The predicted octanol–water partition coefficient (Wildman–Crippen LogP) is 8.15. The van der Waals surface area contributed by atoms with E-state index in [1.54, 1.807) is 17.0 Å². The van der Waals surface area contributed by atoms with E-state index in [0.29, 0.717) is 42.3 Å². The Balaban J connectivity index is 2.09. The summed E-state index contributed by atoms with van der Waals surface area (Å²) >= 11 is 1.51. The Labute approximate surface area is 249 Å². The van der Waals surface area contributed by atoms with Gasteiger partial charge in [0.25, 0.3) is 0 Å². The molecule has 2 aromatic rings. The zero-order valence-corrected chi connectivity index (χ0v) is 26.6. The number of H-pyrrole nitrogens is 1. The first kappa shape index (κ1) is 32.3. The molecule has 3 rings (SSSR count). The minimum absolute atomic E-state index is 0.275. The lowest BCUT2D eigenvalue weighted by Crippen LogP contribution is -2.25. The summed E-state index contributed by atoms with van der Waals surface area (Å²) in [6.07, 6.45) is 6.78. The number of halogens is 1. The second-order valence-corrected chi connectivity index (χ2v) is 11.4.